The van der Waals surface area contributed by atoms with Crippen LogP contribution in [-0.2, 0) is 17.8 Å². The van der Waals surface area contributed by atoms with Crippen LogP contribution >= 0.6 is 15.9 Å². The van der Waals surface area contributed by atoms with E-state index >= 15 is 0 Å². The molecule has 106 valence electrons. The Morgan fingerprint density at radius 2 is 2.21 bits per heavy atom. The van der Waals surface area contributed by atoms with E-state index in [1.54, 1.807) is 0 Å². The van der Waals surface area contributed by atoms with Crippen LogP contribution in [0.3, 0.4) is 0 Å². The molecule has 1 heterocycles. The Morgan fingerprint density at radius 1 is 1.42 bits per heavy atom. The minimum absolute atomic E-state index is 0.0310. The topological polar surface area (TPSA) is 24.5 Å². The smallest absolute Gasteiger partial charge is 0.0753 e. The van der Waals surface area contributed by atoms with Gasteiger partial charge in [-0.25, -0.2) is 0 Å². The maximum absolute atomic E-state index is 5.75. The van der Waals surface area contributed by atoms with Crippen molar-refractivity contribution < 1.29 is 4.74 Å². The molecule has 1 saturated heterocycles. The van der Waals surface area contributed by atoms with Gasteiger partial charge in [0.1, 0.15) is 0 Å². The number of benzene rings is 1. The largest absolute Gasteiger partial charge is 0.373 e. The summed E-state index contributed by atoms with van der Waals surface area (Å²) in [6.45, 7) is 9.01. The number of morpholine rings is 1. The van der Waals surface area contributed by atoms with Gasteiger partial charge >= 0.3 is 0 Å². The van der Waals surface area contributed by atoms with Crippen molar-refractivity contribution in [2.45, 2.75) is 32.5 Å². The van der Waals surface area contributed by atoms with Crippen molar-refractivity contribution in [2.75, 3.05) is 26.7 Å². The lowest BCUT2D eigenvalue weighted by Crippen LogP contribution is -2.47. The molecule has 1 aliphatic rings. The van der Waals surface area contributed by atoms with Gasteiger partial charge in [-0.1, -0.05) is 28.1 Å². The zero-order chi connectivity index (χ0) is 13.9. The van der Waals surface area contributed by atoms with Crippen molar-refractivity contribution in [1.82, 2.24) is 10.2 Å². The molecule has 0 amide bonds. The summed E-state index contributed by atoms with van der Waals surface area (Å²) in [4.78, 5) is 2.46. The Hall–Kier alpha value is -0.420. The number of nitrogens with one attached hydrogen (secondary N) is 1. The average Bonchev–Trinajstić information content (AvgIpc) is 2.32. The standard InChI is InChI=1S/C15H23BrN2O/c1-15(2)11-18(6-7-19-15)10-13-5-4-12(9-17-3)8-14(13)16/h4-5,8,17H,6-7,9-11H2,1-3H3. The maximum Gasteiger partial charge on any atom is 0.0753 e. The molecular formula is C15H23BrN2O. The third-order valence-corrected chi connectivity index (χ3v) is 4.14. The second kappa shape index (κ2) is 6.35. The Balaban J connectivity index is 2.02. The number of rotatable bonds is 4. The van der Waals surface area contributed by atoms with Crippen molar-refractivity contribution >= 4 is 15.9 Å². The van der Waals surface area contributed by atoms with Crippen molar-refractivity contribution in [3.05, 3.63) is 33.8 Å². The molecule has 0 aliphatic carbocycles. The van der Waals surface area contributed by atoms with Crippen LogP contribution in [0.4, 0.5) is 0 Å². The van der Waals surface area contributed by atoms with Gasteiger partial charge in [-0.15, -0.1) is 0 Å². The molecule has 3 nitrogen and oxygen atoms in total. The van der Waals surface area contributed by atoms with Crippen LogP contribution in [-0.4, -0.2) is 37.2 Å². The second-order valence-electron chi connectivity index (χ2n) is 5.77. The monoisotopic (exact) mass is 326 g/mol. The van der Waals surface area contributed by atoms with Crippen LogP contribution in [0, 0.1) is 0 Å². The van der Waals surface area contributed by atoms with Crippen molar-refractivity contribution in [2.24, 2.45) is 0 Å². The average molecular weight is 327 g/mol. The van der Waals surface area contributed by atoms with E-state index in [-0.39, 0.29) is 5.60 Å². The first-order valence-corrected chi connectivity index (χ1v) is 7.58. The fourth-order valence-corrected chi connectivity index (χ4v) is 3.07. The zero-order valence-electron chi connectivity index (χ0n) is 12.0. The summed E-state index contributed by atoms with van der Waals surface area (Å²) < 4.78 is 6.95. The predicted octanol–water partition coefficient (Wildman–Crippen LogP) is 2.78. The van der Waals surface area contributed by atoms with E-state index in [1.807, 2.05) is 7.05 Å². The summed E-state index contributed by atoms with van der Waals surface area (Å²) in [5.41, 5.74) is 2.62. The number of ether oxygens (including phenoxy) is 1. The number of hydrogen-bond acceptors (Lipinski definition) is 3. The Bertz CT molecular complexity index is 434. The quantitative estimate of drug-likeness (QED) is 0.920. The zero-order valence-corrected chi connectivity index (χ0v) is 13.6. The van der Waals surface area contributed by atoms with E-state index in [4.69, 9.17) is 4.74 Å². The van der Waals surface area contributed by atoms with Crippen molar-refractivity contribution in [3.63, 3.8) is 0 Å². The van der Waals surface area contributed by atoms with Gasteiger partial charge in [-0.2, -0.15) is 0 Å². The van der Waals surface area contributed by atoms with E-state index in [9.17, 15) is 0 Å². The molecule has 1 fully saturated rings. The Morgan fingerprint density at radius 3 is 2.84 bits per heavy atom. The minimum Gasteiger partial charge on any atom is -0.373 e. The molecule has 1 aromatic carbocycles. The molecule has 0 atom stereocenters. The van der Waals surface area contributed by atoms with E-state index in [2.05, 4.69) is 58.2 Å². The number of hydrogen-bond donors (Lipinski definition) is 1. The van der Waals surface area contributed by atoms with Crippen LogP contribution in [0.15, 0.2) is 22.7 Å². The molecule has 0 aromatic heterocycles. The van der Waals surface area contributed by atoms with Crippen LogP contribution in [0.2, 0.25) is 0 Å². The fraction of sp³-hybridized carbons (Fsp3) is 0.600. The maximum atomic E-state index is 5.75. The molecule has 0 saturated carbocycles. The van der Waals surface area contributed by atoms with Gasteiger partial charge in [-0.3, -0.25) is 4.90 Å². The molecule has 1 aromatic rings. The molecule has 0 radical (unpaired) electrons. The van der Waals surface area contributed by atoms with Crippen LogP contribution in [0.25, 0.3) is 0 Å². The van der Waals surface area contributed by atoms with Gasteiger partial charge in [0.2, 0.25) is 0 Å². The molecule has 0 spiro atoms. The second-order valence-corrected chi connectivity index (χ2v) is 6.63. The highest BCUT2D eigenvalue weighted by Crippen LogP contribution is 2.23. The van der Waals surface area contributed by atoms with Crippen LogP contribution < -0.4 is 5.32 Å². The SMILES string of the molecule is CNCc1ccc(CN2CCOC(C)(C)C2)c(Br)c1. The Kier molecular flexibility index (Phi) is 5.01. The predicted molar refractivity (Wildman–Crippen MR) is 82.2 cm³/mol. The number of halogens is 1. The van der Waals surface area contributed by atoms with E-state index in [1.165, 1.54) is 15.6 Å². The lowest BCUT2D eigenvalue weighted by molar-refractivity contribution is -0.0883. The highest BCUT2D eigenvalue weighted by molar-refractivity contribution is 9.10. The highest BCUT2D eigenvalue weighted by Gasteiger charge is 2.27. The lowest BCUT2D eigenvalue weighted by Gasteiger charge is -2.38. The Labute approximate surface area is 124 Å². The summed E-state index contributed by atoms with van der Waals surface area (Å²) in [5, 5.41) is 3.18. The van der Waals surface area contributed by atoms with E-state index < -0.39 is 0 Å². The minimum atomic E-state index is -0.0310. The van der Waals surface area contributed by atoms with Crippen LogP contribution in [0.1, 0.15) is 25.0 Å². The van der Waals surface area contributed by atoms with Gasteiger partial charge in [0.15, 0.2) is 0 Å². The first kappa shape index (κ1) is 15.0. The summed E-state index contributed by atoms with van der Waals surface area (Å²) in [6.07, 6.45) is 0. The van der Waals surface area contributed by atoms with E-state index in [0.29, 0.717) is 0 Å². The molecule has 0 bridgehead atoms. The van der Waals surface area contributed by atoms with Gasteiger partial charge in [0.05, 0.1) is 12.2 Å². The van der Waals surface area contributed by atoms with Gasteiger partial charge in [0.25, 0.3) is 0 Å². The van der Waals surface area contributed by atoms with Gasteiger partial charge in [-0.05, 0) is 38.1 Å². The summed E-state index contributed by atoms with van der Waals surface area (Å²) in [6, 6.07) is 6.62. The number of nitrogens with zero attached hydrogens (tertiary/aromatic N) is 1. The van der Waals surface area contributed by atoms with E-state index in [0.717, 1.165) is 32.8 Å². The van der Waals surface area contributed by atoms with Crippen LogP contribution in [0.5, 0.6) is 0 Å². The molecular weight excluding hydrogens is 304 g/mol. The molecule has 4 heteroatoms. The molecule has 0 unspecified atom stereocenters. The van der Waals surface area contributed by atoms with Gasteiger partial charge in [0, 0.05) is 30.7 Å². The summed E-state index contributed by atoms with van der Waals surface area (Å²) >= 11 is 3.69. The molecule has 2 rings (SSSR count). The van der Waals surface area contributed by atoms with Crippen molar-refractivity contribution in [3.8, 4) is 0 Å². The molecule has 1 N–H and O–H groups in total. The lowest BCUT2D eigenvalue weighted by atomic mass is 10.1. The summed E-state index contributed by atoms with van der Waals surface area (Å²) in [7, 11) is 1.97. The van der Waals surface area contributed by atoms with Crippen molar-refractivity contribution in [1.29, 1.82) is 0 Å². The highest BCUT2D eigenvalue weighted by atomic mass is 79.9. The normalized spacial score (nSPS) is 19.6. The fourth-order valence-electron chi connectivity index (χ4n) is 2.52. The molecule has 19 heavy (non-hydrogen) atoms. The first-order valence-electron chi connectivity index (χ1n) is 6.78. The third-order valence-electron chi connectivity index (χ3n) is 3.40. The summed E-state index contributed by atoms with van der Waals surface area (Å²) in [5.74, 6) is 0. The third kappa shape index (κ3) is 4.28. The first-order chi connectivity index (χ1) is 9.00. The van der Waals surface area contributed by atoms with Gasteiger partial charge < -0.3 is 10.1 Å². The molecule has 1 aliphatic heterocycles.